The molecule has 3 rings (SSSR count). The first-order chi connectivity index (χ1) is 8.42. The fraction of sp³-hybridized carbons (Fsp3) is 0.333. The smallest absolute Gasteiger partial charge is 0.133 e. The van der Waals surface area contributed by atoms with E-state index >= 15 is 0 Å². The first-order valence-electron chi connectivity index (χ1n) is 6.27. The zero-order valence-corrected chi connectivity index (χ0v) is 9.93. The molecule has 1 aliphatic heterocycles. The lowest BCUT2D eigenvalue weighted by atomic mass is 10.1. The Morgan fingerprint density at radius 3 is 2.41 bits per heavy atom. The van der Waals surface area contributed by atoms with Crippen LogP contribution in [0.1, 0.15) is 18.4 Å². The maximum Gasteiger partial charge on any atom is 0.133 e. The van der Waals surface area contributed by atoms with Crippen molar-refractivity contribution in [2.75, 3.05) is 13.1 Å². The van der Waals surface area contributed by atoms with Gasteiger partial charge in [0, 0.05) is 12.1 Å². The van der Waals surface area contributed by atoms with E-state index in [4.69, 9.17) is 4.42 Å². The molecule has 1 aromatic carbocycles. The third kappa shape index (κ3) is 2.42. The molecule has 0 spiro atoms. The first kappa shape index (κ1) is 10.6. The summed E-state index contributed by atoms with van der Waals surface area (Å²) < 4.78 is 5.38. The van der Waals surface area contributed by atoms with Gasteiger partial charge in [0.05, 0.1) is 6.26 Å². The number of nitrogens with zero attached hydrogens (tertiary/aromatic N) is 1. The molecule has 0 N–H and O–H groups in total. The van der Waals surface area contributed by atoms with Crippen LogP contribution >= 0.6 is 0 Å². The zero-order valence-electron chi connectivity index (χ0n) is 9.93. The Labute approximate surface area is 102 Å². The normalized spacial score (nSPS) is 16.5. The van der Waals surface area contributed by atoms with Crippen LogP contribution in [-0.4, -0.2) is 18.0 Å². The molecule has 1 aromatic heterocycles. The highest BCUT2D eigenvalue weighted by molar-refractivity contribution is 5.57. The molecule has 0 atom stereocenters. The number of benzene rings is 1. The Kier molecular flexibility index (Phi) is 2.97. The summed E-state index contributed by atoms with van der Waals surface area (Å²) in [5.74, 6) is 0.942. The summed E-state index contributed by atoms with van der Waals surface area (Å²) in [7, 11) is 0. The average Bonchev–Trinajstić information content (AvgIpc) is 3.01. The topological polar surface area (TPSA) is 16.4 Å². The van der Waals surface area contributed by atoms with E-state index in [0.29, 0.717) is 0 Å². The molecule has 0 radical (unpaired) electrons. The number of hydrogen-bond donors (Lipinski definition) is 0. The monoisotopic (exact) mass is 227 g/mol. The van der Waals surface area contributed by atoms with Gasteiger partial charge in [-0.25, -0.2) is 0 Å². The lowest BCUT2D eigenvalue weighted by Crippen LogP contribution is -2.18. The van der Waals surface area contributed by atoms with Crippen molar-refractivity contribution < 1.29 is 4.42 Å². The van der Waals surface area contributed by atoms with Gasteiger partial charge in [-0.15, -0.1) is 0 Å². The van der Waals surface area contributed by atoms with E-state index < -0.39 is 0 Å². The van der Waals surface area contributed by atoms with Crippen molar-refractivity contribution in [3.63, 3.8) is 0 Å². The quantitative estimate of drug-likeness (QED) is 0.797. The highest BCUT2D eigenvalue weighted by Gasteiger charge is 2.11. The van der Waals surface area contributed by atoms with Crippen LogP contribution in [0.4, 0.5) is 0 Å². The third-order valence-corrected chi connectivity index (χ3v) is 3.36. The van der Waals surface area contributed by atoms with Crippen LogP contribution in [0.15, 0.2) is 47.1 Å². The first-order valence-corrected chi connectivity index (χ1v) is 6.27. The summed E-state index contributed by atoms with van der Waals surface area (Å²) in [6.45, 7) is 3.58. The Morgan fingerprint density at radius 1 is 1.00 bits per heavy atom. The summed E-state index contributed by atoms with van der Waals surface area (Å²) in [5, 5.41) is 0. The Bertz CT molecular complexity index is 452. The van der Waals surface area contributed by atoms with Crippen molar-refractivity contribution in [3.05, 3.63) is 48.2 Å². The van der Waals surface area contributed by atoms with Gasteiger partial charge in [0.15, 0.2) is 0 Å². The summed E-state index contributed by atoms with van der Waals surface area (Å²) in [5.41, 5.74) is 2.54. The van der Waals surface area contributed by atoms with Crippen LogP contribution in [0.5, 0.6) is 0 Å². The van der Waals surface area contributed by atoms with Crippen LogP contribution in [-0.2, 0) is 6.54 Å². The van der Waals surface area contributed by atoms with Gasteiger partial charge >= 0.3 is 0 Å². The van der Waals surface area contributed by atoms with E-state index in [1.54, 1.807) is 6.26 Å². The van der Waals surface area contributed by atoms with Crippen molar-refractivity contribution in [2.45, 2.75) is 19.4 Å². The van der Waals surface area contributed by atoms with Crippen molar-refractivity contribution in [1.29, 1.82) is 0 Å². The van der Waals surface area contributed by atoms with Gasteiger partial charge in [0.2, 0.25) is 0 Å². The van der Waals surface area contributed by atoms with Gasteiger partial charge in [-0.1, -0.05) is 24.3 Å². The fourth-order valence-electron chi connectivity index (χ4n) is 2.42. The van der Waals surface area contributed by atoms with Crippen molar-refractivity contribution >= 4 is 0 Å². The molecule has 2 aromatic rings. The molecule has 1 fully saturated rings. The molecule has 17 heavy (non-hydrogen) atoms. The number of hydrogen-bond acceptors (Lipinski definition) is 2. The highest BCUT2D eigenvalue weighted by atomic mass is 16.3. The van der Waals surface area contributed by atoms with Gasteiger partial charge in [-0.05, 0) is 43.6 Å². The van der Waals surface area contributed by atoms with Crippen molar-refractivity contribution in [1.82, 2.24) is 4.90 Å². The van der Waals surface area contributed by atoms with Gasteiger partial charge in [0.1, 0.15) is 5.76 Å². The molecule has 0 bridgehead atoms. The summed E-state index contributed by atoms with van der Waals surface area (Å²) >= 11 is 0. The van der Waals surface area contributed by atoms with Crippen molar-refractivity contribution in [2.24, 2.45) is 0 Å². The van der Waals surface area contributed by atoms with Gasteiger partial charge in [-0.3, -0.25) is 4.90 Å². The van der Waals surface area contributed by atoms with Crippen LogP contribution in [0.2, 0.25) is 0 Å². The van der Waals surface area contributed by atoms with E-state index in [1.165, 1.54) is 31.5 Å². The molecule has 0 amide bonds. The Balaban J connectivity index is 1.71. The van der Waals surface area contributed by atoms with E-state index in [9.17, 15) is 0 Å². The Morgan fingerprint density at radius 2 is 1.76 bits per heavy atom. The Hall–Kier alpha value is -1.54. The standard InChI is InChI=1S/C15H17NO/c1-2-10-16(9-1)12-13-5-7-14(8-6-13)15-4-3-11-17-15/h3-8,11H,1-2,9-10,12H2. The fourth-order valence-corrected chi connectivity index (χ4v) is 2.42. The predicted molar refractivity (Wildman–Crippen MR) is 68.7 cm³/mol. The molecule has 88 valence electrons. The predicted octanol–water partition coefficient (Wildman–Crippen LogP) is 3.54. The van der Waals surface area contributed by atoms with E-state index in [2.05, 4.69) is 29.2 Å². The maximum atomic E-state index is 5.38. The van der Waals surface area contributed by atoms with Crippen molar-refractivity contribution in [3.8, 4) is 11.3 Å². The molecule has 1 aliphatic rings. The van der Waals surface area contributed by atoms with Crippen LogP contribution in [0.3, 0.4) is 0 Å². The second kappa shape index (κ2) is 4.76. The molecule has 2 heterocycles. The van der Waals surface area contributed by atoms with E-state index in [-0.39, 0.29) is 0 Å². The highest BCUT2D eigenvalue weighted by Crippen LogP contribution is 2.21. The van der Waals surface area contributed by atoms with Crippen LogP contribution < -0.4 is 0 Å². The molecule has 0 unspecified atom stereocenters. The summed E-state index contributed by atoms with van der Waals surface area (Å²) in [6, 6.07) is 12.6. The zero-order chi connectivity index (χ0) is 11.5. The van der Waals surface area contributed by atoms with Crippen LogP contribution in [0, 0.1) is 0 Å². The molecule has 2 heteroatoms. The summed E-state index contributed by atoms with van der Waals surface area (Å²) in [6.07, 6.45) is 4.42. The minimum absolute atomic E-state index is 0.942. The molecule has 1 saturated heterocycles. The second-order valence-electron chi connectivity index (χ2n) is 4.66. The molecule has 0 aliphatic carbocycles. The molecular formula is C15H17NO. The van der Waals surface area contributed by atoms with Crippen LogP contribution in [0.25, 0.3) is 11.3 Å². The molecule has 0 saturated carbocycles. The van der Waals surface area contributed by atoms with E-state index in [0.717, 1.165) is 17.9 Å². The van der Waals surface area contributed by atoms with Gasteiger partial charge in [0.25, 0.3) is 0 Å². The lowest BCUT2D eigenvalue weighted by Gasteiger charge is -2.14. The van der Waals surface area contributed by atoms with Gasteiger partial charge in [-0.2, -0.15) is 0 Å². The molecular weight excluding hydrogens is 210 g/mol. The molecule has 2 nitrogen and oxygen atoms in total. The number of rotatable bonds is 3. The third-order valence-electron chi connectivity index (χ3n) is 3.36. The summed E-state index contributed by atoms with van der Waals surface area (Å²) in [4.78, 5) is 2.52. The largest absolute Gasteiger partial charge is 0.464 e. The minimum Gasteiger partial charge on any atom is -0.464 e. The average molecular weight is 227 g/mol. The maximum absolute atomic E-state index is 5.38. The second-order valence-corrected chi connectivity index (χ2v) is 4.66. The number of likely N-dealkylation sites (tertiary alicyclic amines) is 1. The lowest BCUT2D eigenvalue weighted by molar-refractivity contribution is 0.331. The SMILES string of the molecule is c1coc(-c2ccc(CN3CCCC3)cc2)c1. The van der Waals surface area contributed by atoms with Gasteiger partial charge < -0.3 is 4.42 Å². The number of furan rings is 1. The minimum atomic E-state index is 0.942. The van der Waals surface area contributed by atoms with E-state index in [1.807, 2.05) is 12.1 Å².